The molecule has 3 aromatic carbocycles. The smallest absolute Gasteiger partial charge is 0.256 e. The van der Waals surface area contributed by atoms with Crippen LogP contribution in [0.5, 0.6) is 0 Å². The Morgan fingerprint density at radius 2 is 1.66 bits per heavy atom. The summed E-state index contributed by atoms with van der Waals surface area (Å²) in [6.45, 7) is 0. The number of hydrogen-bond donors (Lipinski definition) is 1. The minimum atomic E-state index is -0.400. The van der Waals surface area contributed by atoms with Crippen LogP contribution in [0, 0.1) is 5.82 Å². The Bertz CT molecular complexity index is 1450. The van der Waals surface area contributed by atoms with E-state index in [0.29, 0.717) is 28.1 Å². The van der Waals surface area contributed by atoms with Crippen LogP contribution in [0.25, 0.3) is 22.8 Å². The summed E-state index contributed by atoms with van der Waals surface area (Å²) in [7, 11) is 0. The highest BCUT2D eigenvalue weighted by Gasteiger charge is 2.18. The third-order valence-corrected chi connectivity index (χ3v) is 6.37. The van der Waals surface area contributed by atoms with Crippen molar-refractivity contribution in [3.05, 3.63) is 120 Å². The number of aromatic nitrogens is 2. The van der Waals surface area contributed by atoms with Gasteiger partial charge in [0.15, 0.2) is 5.76 Å². The fourth-order valence-electron chi connectivity index (χ4n) is 3.53. The molecule has 0 unspecified atom stereocenters. The molecule has 5 aromatic rings. The molecule has 0 bridgehead atoms. The van der Waals surface area contributed by atoms with E-state index in [-0.39, 0.29) is 11.8 Å². The normalized spacial score (nSPS) is 10.8. The molecule has 1 amide bonds. The Morgan fingerprint density at radius 3 is 2.43 bits per heavy atom. The lowest BCUT2D eigenvalue weighted by atomic mass is 10.1. The zero-order valence-corrected chi connectivity index (χ0v) is 19.3. The lowest BCUT2D eigenvalue weighted by Gasteiger charge is -2.09. The van der Waals surface area contributed by atoms with Crippen molar-refractivity contribution in [2.75, 3.05) is 5.32 Å². The number of hydrogen-bond acceptors (Lipinski definition) is 5. The fraction of sp³-hybridized carbons (Fsp3) is 0.0357. The number of thioether (sulfide) groups is 1. The van der Waals surface area contributed by atoms with E-state index < -0.39 is 5.82 Å². The van der Waals surface area contributed by atoms with E-state index in [2.05, 4.69) is 15.3 Å². The quantitative estimate of drug-likeness (QED) is 0.251. The maximum Gasteiger partial charge on any atom is 0.256 e. The van der Waals surface area contributed by atoms with Gasteiger partial charge in [0.1, 0.15) is 5.82 Å². The predicted octanol–water partition coefficient (Wildman–Crippen LogP) is 7.09. The van der Waals surface area contributed by atoms with Gasteiger partial charge < -0.3 is 9.73 Å². The summed E-state index contributed by atoms with van der Waals surface area (Å²) in [5.41, 5.74) is 3.07. The van der Waals surface area contributed by atoms with Crippen LogP contribution in [-0.2, 0) is 5.75 Å². The van der Waals surface area contributed by atoms with Crippen molar-refractivity contribution in [1.82, 2.24) is 9.97 Å². The van der Waals surface area contributed by atoms with Crippen LogP contribution < -0.4 is 5.32 Å². The number of carbonyl (C=O) groups excluding carboxylic acids is 1. The second-order valence-electron chi connectivity index (χ2n) is 7.68. The van der Waals surface area contributed by atoms with Crippen molar-refractivity contribution >= 4 is 23.4 Å². The number of oxazole rings is 1. The van der Waals surface area contributed by atoms with Gasteiger partial charge in [-0.05, 0) is 60.2 Å². The van der Waals surface area contributed by atoms with Crippen LogP contribution in [0.2, 0.25) is 0 Å². The van der Waals surface area contributed by atoms with Crippen molar-refractivity contribution in [3.8, 4) is 22.8 Å². The molecule has 2 heterocycles. The summed E-state index contributed by atoms with van der Waals surface area (Å²) >= 11 is 1.70. The number of nitrogens with zero attached hydrogens (tertiary/aromatic N) is 2. The summed E-state index contributed by atoms with van der Waals surface area (Å²) in [6.07, 6.45) is 5.07. The standard InChI is InChI=1S/C28H20FN3O2S/c29-25-10-4-3-9-24(25)26-17-31-28(34-26)23-8-2-1-7-22(23)27(33)32-20-11-13-21(14-12-20)35-18-19-6-5-15-30-16-19/h1-17H,18H2,(H,32,33). The summed E-state index contributed by atoms with van der Waals surface area (Å²) in [5.74, 6) is 0.673. The number of amides is 1. The third kappa shape index (κ3) is 5.31. The number of anilines is 1. The molecule has 5 rings (SSSR count). The summed E-state index contributed by atoms with van der Waals surface area (Å²) < 4.78 is 20.0. The number of benzene rings is 3. The van der Waals surface area contributed by atoms with Gasteiger partial charge in [0, 0.05) is 34.3 Å². The fourth-order valence-corrected chi connectivity index (χ4v) is 4.37. The molecule has 0 saturated carbocycles. The molecule has 2 aromatic heterocycles. The molecule has 0 saturated heterocycles. The number of carbonyl (C=O) groups is 1. The first-order chi connectivity index (χ1) is 17.2. The van der Waals surface area contributed by atoms with Crippen molar-refractivity contribution < 1.29 is 13.6 Å². The van der Waals surface area contributed by atoms with Crippen LogP contribution in [0.4, 0.5) is 10.1 Å². The highest BCUT2D eigenvalue weighted by molar-refractivity contribution is 7.98. The van der Waals surface area contributed by atoms with Crippen LogP contribution in [0.15, 0.2) is 113 Å². The molecule has 0 radical (unpaired) electrons. The van der Waals surface area contributed by atoms with Crippen LogP contribution >= 0.6 is 11.8 Å². The molecule has 7 heteroatoms. The van der Waals surface area contributed by atoms with E-state index in [1.165, 1.54) is 12.3 Å². The molecule has 35 heavy (non-hydrogen) atoms. The molecular formula is C28H20FN3O2S. The maximum atomic E-state index is 14.1. The molecule has 0 spiro atoms. The third-order valence-electron chi connectivity index (χ3n) is 5.29. The van der Waals surface area contributed by atoms with Crippen molar-refractivity contribution in [3.63, 3.8) is 0 Å². The van der Waals surface area contributed by atoms with Crippen LogP contribution in [-0.4, -0.2) is 15.9 Å². The Balaban J connectivity index is 1.30. The molecule has 0 aliphatic carbocycles. The van der Waals surface area contributed by atoms with E-state index >= 15 is 0 Å². The predicted molar refractivity (Wildman–Crippen MR) is 136 cm³/mol. The molecule has 5 nitrogen and oxygen atoms in total. The topological polar surface area (TPSA) is 68.0 Å². The van der Waals surface area contributed by atoms with Crippen molar-refractivity contribution in [2.24, 2.45) is 0 Å². The van der Waals surface area contributed by atoms with E-state index in [1.807, 2.05) is 42.6 Å². The second-order valence-corrected chi connectivity index (χ2v) is 8.73. The van der Waals surface area contributed by atoms with E-state index in [4.69, 9.17) is 4.42 Å². The minimum Gasteiger partial charge on any atom is -0.436 e. The highest BCUT2D eigenvalue weighted by Crippen LogP contribution is 2.30. The highest BCUT2D eigenvalue weighted by atomic mass is 32.2. The van der Waals surface area contributed by atoms with Gasteiger partial charge in [-0.3, -0.25) is 9.78 Å². The monoisotopic (exact) mass is 481 g/mol. The number of nitrogens with one attached hydrogen (secondary N) is 1. The first kappa shape index (κ1) is 22.6. The van der Waals surface area contributed by atoms with Crippen molar-refractivity contribution in [2.45, 2.75) is 10.6 Å². The second kappa shape index (κ2) is 10.4. The van der Waals surface area contributed by atoms with Crippen molar-refractivity contribution in [1.29, 1.82) is 0 Å². The van der Waals surface area contributed by atoms with Crippen LogP contribution in [0.3, 0.4) is 0 Å². The zero-order chi connectivity index (χ0) is 24.0. The van der Waals surface area contributed by atoms with E-state index in [9.17, 15) is 9.18 Å². The maximum absolute atomic E-state index is 14.1. The molecule has 0 aliphatic heterocycles. The largest absolute Gasteiger partial charge is 0.436 e. The summed E-state index contributed by atoms with van der Waals surface area (Å²) in [5, 5.41) is 2.93. The number of pyridine rings is 1. The van der Waals surface area contributed by atoms with E-state index in [1.54, 1.807) is 60.4 Å². The molecule has 1 N–H and O–H groups in total. The van der Waals surface area contributed by atoms with Gasteiger partial charge in [-0.25, -0.2) is 9.37 Å². The van der Waals surface area contributed by atoms with Gasteiger partial charge in [0.2, 0.25) is 5.89 Å². The Hall–Kier alpha value is -4.23. The average molecular weight is 482 g/mol. The Kier molecular flexibility index (Phi) is 6.68. The van der Waals surface area contributed by atoms with Gasteiger partial charge in [0.05, 0.1) is 17.3 Å². The average Bonchev–Trinajstić information content (AvgIpc) is 3.39. The lowest BCUT2D eigenvalue weighted by Crippen LogP contribution is -2.13. The lowest BCUT2D eigenvalue weighted by molar-refractivity contribution is 0.102. The minimum absolute atomic E-state index is 0.246. The molecule has 172 valence electrons. The Morgan fingerprint density at radius 1 is 0.886 bits per heavy atom. The molecule has 0 fully saturated rings. The summed E-state index contributed by atoms with van der Waals surface area (Å²) in [6, 6.07) is 25.0. The SMILES string of the molecule is O=C(Nc1ccc(SCc2cccnc2)cc1)c1ccccc1-c1ncc(-c2ccccc2F)o1. The van der Waals surface area contributed by atoms with Gasteiger partial charge in [-0.2, -0.15) is 0 Å². The first-order valence-electron chi connectivity index (χ1n) is 10.9. The summed E-state index contributed by atoms with van der Waals surface area (Å²) in [4.78, 5) is 22.6. The van der Waals surface area contributed by atoms with Gasteiger partial charge >= 0.3 is 0 Å². The van der Waals surface area contributed by atoms with Gasteiger partial charge in [0.25, 0.3) is 5.91 Å². The molecule has 0 atom stereocenters. The molecule has 0 aliphatic rings. The Labute approximate surface area is 206 Å². The van der Waals surface area contributed by atoms with Gasteiger partial charge in [-0.15, -0.1) is 11.8 Å². The number of halogens is 1. The van der Waals surface area contributed by atoms with Gasteiger partial charge in [-0.1, -0.05) is 30.3 Å². The van der Waals surface area contributed by atoms with Crippen LogP contribution in [0.1, 0.15) is 15.9 Å². The van der Waals surface area contributed by atoms with E-state index in [0.717, 1.165) is 16.2 Å². The molecular weight excluding hydrogens is 461 g/mol. The number of rotatable bonds is 7. The first-order valence-corrected chi connectivity index (χ1v) is 11.9. The zero-order valence-electron chi connectivity index (χ0n) is 18.5.